The largest absolute Gasteiger partial charge is 0.311 e. The Morgan fingerprint density at radius 3 is 2.48 bits per heavy atom. The summed E-state index contributed by atoms with van der Waals surface area (Å²) in [6, 6.07) is 19.4. The van der Waals surface area contributed by atoms with Crippen LogP contribution in [0.3, 0.4) is 0 Å². The van der Waals surface area contributed by atoms with Gasteiger partial charge in [-0.25, -0.2) is 10.2 Å². The van der Waals surface area contributed by atoms with Crippen molar-refractivity contribution >= 4 is 17.6 Å². The SMILES string of the molecule is CCONC(=O)CCC(=O)Nc1cc(-c2ccccc2)nn1-c1cccc(C)c1. The second-order valence-electron chi connectivity index (χ2n) is 6.54. The second-order valence-corrected chi connectivity index (χ2v) is 6.54. The van der Waals surface area contributed by atoms with E-state index in [-0.39, 0.29) is 24.7 Å². The number of carbonyl (C=O) groups excluding carboxylic acids is 2. The van der Waals surface area contributed by atoms with Gasteiger partial charge < -0.3 is 5.32 Å². The molecule has 0 unspecified atom stereocenters. The van der Waals surface area contributed by atoms with E-state index in [1.54, 1.807) is 11.6 Å². The van der Waals surface area contributed by atoms with Crippen LogP contribution in [-0.2, 0) is 14.4 Å². The minimum Gasteiger partial charge on any atom is -0.311 e. The zero-order valence-corrected chi connectivity index (χ0v) is 16.5. The molecular formula is C22H24N4O3. The number of aryl methyl sites for hydroxylation is 1. The van der Waals surface area contributed by atoms with Crippen molar-refractivity contribution in [2.45, 2.75) is 26.7 Å². The maximum atomic E-state index is 12.4. The normalized spacial score (nSPS) is 10.6. The van der Waals surface area contributed by atoms with Gasteiger partial charge in [0.1, 0.15) is 5.82 Å². The van der Waals surface area contributed by atoms with Crippen LogP contribution in [-0.4, -0.2) is 28.2 Å². The summed E-state index contributed by atoms with van der Waals surface area (Å²) in [6.07, 6.45) is 0.0779. The molecule has 150 valence electrons. The van der Waals surface area contributed by atoms with Gasteiger partial charge in [0.2, 0.25) is 11.8 Å². The van der Waals surface area contributed by atoms with Crippen molar-refractivity contribution < 1.29 is 14.4 Å². The Balaban J connectivity index is 1.81. The number of nitrogens with zero attached hydrogens (tertiary/aromatic N) is 2. The molecule has 29 heavy (non-hydrogen) atoms. The summed E-state index contributed by atoms with van der Waals surface area (Å²) in [5.41, 5.74) is 5.91. The molecule has 0 saturated carbocycles. The fourth-order valence-corrected chi connectivity index (χ4v) is 2.81. The highest BCUT2D eigenvalue weighted by atomic mass is 16.6. The van der Waals surface area contributed by atoms with Crippen molar-refractivity contribution in [2.24, 2.45) is 0 Å². The number of hydrogen-bond acceptors (Lipinski definition) is 4. The highest BCUT2D eigenvalue weighted by molar-refractivity contribution is 5.93. The van der Waals surface area contributed by atoms with Crippen molar-refractivity contribution in [2.75, 3.05) is 11.9 Å². The monoisotopic (exact) mass is 392 g/mol. The molecule has 2 amide bonds. The predicted octanol–water partition coefficient (Wildman–Crippen LogP) is 3.63. The Labute approximate surface area is 169 Å². The molecule has 3 aromatic rings. The lowest BCUT2D eigenvalue weighted by Crippen LogP contribution is -2.25. The Morgan fingerprint density at radius 1 is 1.00 bits per heavy atom. The van der Waals surface area contributed by atoms with Crippen molar-refractivity contribution in [3.63, 3.8) is 0 Å². The van der Waals surface area contributed by atoms with Gasteiger partial charge >= 0.3 is 0 Å². The Hall–Kier alpha value is -3.45. The standard InChI is InChI=1S/C22H24N4O3/c1-3-29-25-22(28)13-12-21(27)23-20-15-19(17-9-5-4-6-10-17)24-26(20)18-11-7-8-16(2)14-18/h4-11,14-15H,3,12-13H2,1-2H3,(H,23,27)(H,25,28). The van der Waals surface area contributed by atoms with Gasteiger partial charge in [-0.15, -0.1) is 0 Å². The molecule has 1 heterocycles. The summed E-state index contributed by atoms with van der Waals surface area (Å²) >= 11 is 0. The summed E-state index contributed by atoms with van der Waals surface area (Å²) < 4.78 is 1.70. The molecule has 0 radical (unpaired) electrons. The Bertz CT molecular complexity index is 983. The topological polar surface area (TPSA) is 85.2 Å². The zero-order valence-electron chi connectivity index (χ0n) is 16.5. The lowest BCUT2D eigenvalue weighted by molar-refractivity contribution is -0.134. The van der Waals surface area contributed by atoms with E-state index in [0.717, 1.165) is 22.5 Å². The summed E-state index contributed by atoms with van der Waals surface area (Å²) in [5, 5.41) is 7.55. The van der Waals surface area contributed by atoms with Crippen LogP contribution in [0, 0.1) is 6.92 Å². The molecule has 0 atom stereocenters. The van der Waals surface area contributed by atoms with E-state index in [1.807, 2.05) is 67.6 Å². The van der Waals surface area contributed by atoms with E-state index in [2.05, 4.69) is 15.9 Å². The summed E-state index contributed by atoms with van der Waals surface area (Å²) in [4.78, 5) is 28.9. The third-order valence-corrected chi connectivity index (χ3v) is 4.20. The van der Waals surface area contributed by atoms with Crippen LogP contribution in [0.5, 0.6) is 0 Å². The summed E-state index contributed by atoms with van der Waals surface area (Å²) in [6.45, 7) is 4.14. The molecule has 0 fully saturated rings. The van der Waals surface area contributed by atoms with Crippen LogP contribution in [0.15, 0.2) is 60.7 Å². The van der Waals surface area contributed by atoms with Crippen LogP contribution >= 0.6 is 0 Å². The quantitative estimate of drug-likeness (QED) is 0.573. The number of carbonyl (C=O) groups is 2. The Morgan fingerprint density at radius 2 is 1.76 bits per heavy atom. The van der Waals surface area contributed by atoms with Gasteiger partial charge in [0.15, 0.2) is 0 Å². The first kappa shape index (κ1) is 20.3. The third-order valence-electron chi connectivity index (χ3n) is 4.20. The highest BCUT2D eigenvalue weighted by Crippen LogP contribution is 2.25. The van der Waals surface area contributed by atoms with Crippen molar-refractivity contribution in [3.8, 4) is 16.9 Å². The maximum Gasteiger partial charge on any atom is 0.244 e. The van der Waals surface area contributed by atoms with Gasteiger partial charge in [-0.1, -0.05) is 42.5 Å². The Kier molecular flexibility index (Phi) is 6.76. The van der Waals surface area contributed by atoms with Gasteiger partial charge in [0.25, 0.3) is 0 Å². The molecule has 1 aromatic heterocycles. The van der Waals surface area contributed by atoms with Crippen LogP contribution in [0.4, 0.5) is 5.82 Å². The fraction of sp³-hybridized carbons (Fsp3) is 0.227. The molecular weight excluding hydrogens is 368 g/mol. The van der Waals surface area contributed by atoms with E-state index in [0.29, 0.717) is 12.4 Å². The van der Waals surface area contributed by atoms with Gasteiger partial charge in [-0.3, -0.25) is 14.4 Å². The van der Waals surface area contributed by atoms with Crippen molar-refractivity contribution in [1.29, 1.82) is 0 Å². The lowest BCUT2D eigenvalue weighted by Gasteiger charge is -2.09. The molecule has 7 nitrogen and oxygen atoms in total. The van der Waals surface area contributed by atoms with Crippen LogP contribution < -0.4 is 10.8 Å². The first-order valence-corrected chi connectivity index (χ1v) is 9.50. The van der Waals surface area contributed by atoms with E-state index in [1.165, 1.54) is 0 Å². The molecule has 0 aliphatic rings. The molecule has 3 rings (SSSR count). The maximum absolute atomic E-state index is 12.4. The highest BCUT2D eigenvalue weighted by Gasteiger charge is 2.15. The van der Waals surface area contributed by atoms with Gasteiger partial charge in [0.05, 0.1) is 18.0 Å². The molecule has 0 saturated heterocycles. The molecule has 0 aliphatic heterocycles. The van der Waals surface area contributed by atoms with E-state index in [4.69, 9.17) is 4.84 Å². The third kappa shape index (κ3) is 5.52. The zero-order chi connectivity index (χ0) is 20.6. The number of aromatic nitrogens is 2. The molecule has 0 aliphatic carbocycles. The van der Waals surface area contributed by atoms with Crippen molar-refractivity contribution in [3.05, 3.63) is 66.2 Å². The number of anilines is 1. The average molecular weight is 392 g/mol. The lowest BCUT2D eigenvalue weighted by atomic mass is 10.1. The predicted molar refractivity (Wildman–Crippen MR) is 111 cm³/mol. The first-order valence-electron chi connectivity index (χ1n) is 9.50. The molecule has 0 spiro atoms. The minimum absolute atomic E-state index is 0.0377. The van der Waals surface area contributed by atoms with Gasteiger partial charge in [0, 0.05) is 24.5 Å². The van der Waals surface area contributed by atoms with Crippen LogP contribution in [0.25, 0.3) is 16.9 Å². The van der Waals surface area contributed by atoms with Crippen LogP contribution in [0.1, 0.15) is 25.3 Å². The van der Waals surface area contributed by atoms with Crippen LogP contribution in [0.2, 0.25) is 0 Å². The van der Waals surface area contributed by atoms with Gasteiger partial charge in [-0.05, 0) is 31.5 Å². The average Bonchev–Trinajstić information content (AvgIpc) is 3.15. The summed E-state index contributed by atoms with van der Waals surface area (Å²) in [7, 11) is 0. The number of hydrogen-bond donors (Lipinski definition) is 2. The second kappa shape index (κ2) is 9.66. The summed E-state index contributed by atoms with van der Waals surface area (Å²) in [5.74, 6) is -0.0612. The smallest absolute Gasteiger partial charge is 0.244 e. The molecule has 2 aromatic carbocycles. The van der Waals surface area contributed by atoms with E-state index in [9.17, 15) is 9.59 Å². The van der Waals surface area contributed by atoms with E-state index < -0.39 is 0 Å². The number of nitrogens with one attached hydrogen (secondary N) is 2. The minimum atomic E-state index is -0.334. The van der Waals surface area contributed by atoms with Gasteiger partial charge in [-0.2, -0.15) is 5.10 Å². The molecule has 2 N–H and O–H groups in total. The number of rotatable bonds is 8. The van der Waals surface area contributed by atoms with E-state index >= 15 is 0 Å². The molecule has 0 bridgehead atoms. The van der Waals surface area contributed by atoms with Crippen molar-refractivity contribution in [1.82, 2.24) is 15.3 Å². The fourth-order valence-electron chi connectivity index (χ4n) is 2.81. The number of amides is 2. The molecule has 7 heteroatoms. The number of hydroxylamine groups is 1. The number of benzene rings is 2. The first-order chi connectivity index (χ1) is 14.1.